The largest absolute Gasteiger partial charge is 0.394 e. The third kappa shape index (κ3) is 10.1. The van der Waals surface area contributed by atoms with Gasteiger partial charge < -0.3 is 109 Å². The zero-order valence-electron chi connectivity index (χ0n) is 30.3. The van der Waals surface area contributed by atoms with E-state index in [1.54, 1.807) is 6.92 Å². The molecule has 0 bridgehead atoms. The first-order chi connectivity index (χ1) is 25.9. The van der Waals surface area contributed by atoms with E-state index >= 15 is 0 Å². The summed E-state index contributed by atoms with van der Waals surface area (Å²) in [6.07, 6.45) is -33.7. The molecule has 0 spiro atoms. The van der Waals surface area contributed by atoms with Crippen LogP contribution in [0.15, 0.2) is 0 Å². The normalized spacial score (nSPS) is 51.1. The summed E-state index contributed by atoms with van der Waals surface area (Å²) in [7, 11) is 0. The predicted molar refractivity (Wildman–Crippen MR) is 173 cm³/mol. The number of aliphatic hydroxyl groups excluding tert-OH is 12. The molecule has 320 valence electrons. The summed E-state index contributed by atoms with van der Waals surface area (Å²) in [5, 5.41) is 130. The number of carbonyl (C=O) groups is 1. The lowest BCUT2D eigenvalue weighted by atomic mass is 9.95. The summed E-state index contributed by atoms with van der Waals surface area (Å²) < 4.78 is 50.9. The molecule has 23 nitrogen and oxygen atoms in total. The van der Waals surface area contributed by atoms with Gasteiger partial charge in [0.1, 0.15) is 85.4 Å². The molecular formula is C32H55NO22. The van der Waals surface area contributed by atoms with Gasteiger partial charge in [-0.25, -0.2) is 0 Å². The molecule has 0 saturated carbocycles. The van der Waals surface area contributed by atoms with Crippen LogP contribution in [0.4, 0.5) is 0 Å². The summed E-state index contributed by atoms with van der Waals surface area (Å²) >= 11 is 0. The first-order valence-electron chi connectivity index (χ1n) is 18.1. The molecule has 0 radical (unpaired) electrons. The number of aliphatic hydroxyl groups is 12. The fourth-order valence-electron chi connectivity index (χ4n) is 7.09. The molecule has 5 aliphatic rings. The Morgan fingerprint density at radius 2 is 1.07 bits per heavy atom. The highest BCUT2D eigenvalue weighted by Crippen LogP contribution is 2.35. The van der Waals surface area contributed by atoms with Gasteiger partial charge in [0.2, 0.25) is 5.91 Å². The monoisotopic (exact) mass is 805 g/mol. The number of hydrogen-bond acceptors (Lipinski definition) is 22. The number of ether oxygens (including phenoxy) is 9. The van der Waals surface area contributed by atoms with Gasteiger partial charge in [-0.05, 0) is 13.8 Å². The van der Waals surface area contributed by atoms with Gasteiger partial charge in [0.25, 0.3) is 0 Å². The van der Waals surface area contributed by atoms with Crippen LogP contribution in [-0.2, 0) is 47.4 Å². The lowest BCUT2D eigenvalue weighted by Crippen LogP contribution is -2.68. The van der Waals surface area contributed by atoms with E-state index in [2.05, 4.69) is 5.32 Å². The second-order valence-electron chi connectivity index (χ2n) is 14.5. The molecule has 0 aromatic heterocycles. The van der Waals surface area contributed by atoms with Crippen molar-refractivity contribution < 1.29 is 109 Å². The summed E-state index contributed by atoms with van der Waals surface area (Å²) in [4.78, 5) is 11.9. The van der Waals surface area contributed by atoms with E-state index in [4.69, 9.17) is 42.6 Å². The highest BCUT2D eigenvalue weighted by molar-refractivity contribution is 5.73. The summed E-state index contributed by atoms with van der Waals surface area (Å²) in [5.74, 6) is -0.669. The fourth-order valence-corrected chi connectivity index (χ4v) is 7.09. The summed E-state index contributed by atoms with van der Waals surface area (Å²) in [5.41, 5.74) is 0. The highest BCUT2D eigenvalue weighted by Gasteiger charge is 2.55. The Kier molecular flexibility index (Phi) is 15.6. The Morgan fingerprint density at radius 3 is 1.67 bits per heavy atom. The molecule has 5 heterocycles. The zero-order valence-corrected chi connectivity index (χ0v) is 30.3. The van der Waals surface area contributed by atoms with Crippen LogP contribution in [0.5, 0.6) is 0 Å². The van der Waals surface area contributed by atoms with Crippen molar-refractivity contribution in [2.75, 3.05) is 19.8 Å². The van der Waals surface area contributed by atoms with E-state index in [1.165, 1.54) is 6.92 Å². The molecular weight excluding hydrogens is 750 g/mol. The molecule has 0 unspecified atom stereocenters. The smallest absolute Gasteiger partial charge is 0.217 e. The average molecular weight is 806 g/mol. The third-order valence-electron chi connectivity index (χ3n) is 10.4. The molecule has 5 saturated heterocycles. The molecule has 5 aliphatic heterocycles. The van der Waals surface area contributed by atoms with Crippen molar-refractivity contribution in [2.24, 2.45) is 0 Å². The third-order valence-corrected chi connectivity index (χ3v) is 10.4. The predicted octanol–water partition coefficient (Wildman–Crippen LogP) is -7.67. The Hall–Kier alpha value is -1.37. The summed E-state index contributed by atoms with van der Waals surface area (Å²) in [6.45, 7) is 1.93. The van der Waals surface area contributed by atoms with Crippen LogP contribution in [0.25, 0.3) is 0 Å². The van der Waals surface area contributed by atoms with Crippen LogP contribution >= 0.6 is 0 Å². The van der Waals surface area contributed by atoms with Crippen molar-refractivity contribution in [1.82, 2.24) is 5.32 Å². The van der Waals surface area contributed by atoms with Gasteiger partial charge in [-0.1, -0.05) is 0 Å². The second-order valence-corrected chi connectivity index (χ2v) is 14.5. The van der Waals surface area contributed by atoms with E-state index < -0.39 is 167 Å². The number of carbonyl (C=O) groups excluding carboxylic acids is 1. The van der Waals surface area contributed by atoms with Crippen molar-refractivity contribution in [3.05, 3.63) is 0 Å². The maximum absolute atomic E-state index is 11.9. The van der Waals surface area contributed by atoms with Gasteiger partial charge >= 0.3 is 0 Å². The van der Waals surface area contributed by atoms with Crippen LogP contribution in [0.3, 0.4) is 0 Å². The molecule has 55 heavy (non-hydrogen) atoms. The maximum atomic E-state index is 11.9. The Balaban J connectivity index is 1.34. The molecule has 0 aromatic rings. The lowest BCUT2D eigenvalue weighted by molar-refractivity contribution is -0.385. The lowest BCUT2D eigenvalue weighted by Gasteiger charge is -2.49. The quantitative estimate of drug-likeness (QED) is 0.0871. The van der Waals surface area contributed by atoms with Crippen LogP contribution in [0, 0.1) is 0 Å². The minimum absolute atomic E-state index is 0.0871. The summed E-state index contributed by atoms with van der Waals surface area (Å²) in [6, 6.07) is -1.45. The van der Waals surface area contributed by atoms with Crippen molar-refractivity contribution in [3.63, 3.8) is 0 Å². The topological polar surface area (TPSA) is 355 Å². The van der Waals surface area contributed by atoms with Crippen molar-refractivity contribution in [3.8, 4) is 0 Å². The first-order valence-corrected chi connectivity index (χ1v) is 18.1. The Bertz CT molecular complexity index is 1220. The maximum Gasteiger partial charge on any atom is 0.217 e. The average Bonchev–Trinajstić information content (AvgIpc) is 3.13. The van der Waals surface area contributed by atoms with Gasteiger partial charge in [0.15, 0.2) is 31.5 Å². The number of hydrogen-bond donors (Lipinski definition) is 13. The van der Waals surface area contributed by atoms with Crippen LogP contribution < -0.4 is 5.32 Å². The minimum atomic E-state index is -2.04. The fraction of sp³-hybridized carbons (Fsp3) is 0.969. The molecule has 5 fully saturated rings. The van der Waals surface area contributed by atoms with Crippen LogP contribution in [0.2, 0.25) is 0 Å². The van der Waals surface area contributed by atoms with Gasteiger partial charge in [-0.3, -0.25) is 4.79 Å². The van der Waals surface area contributed by atoms with Crippen LogP contribution in [0.1, 0.15) is 33.6 Å². The van der Waals surface area contributed by atoms with Gasteiger partial charge in [0, 0.05) is 19.8 Å². The highest BCUT2D eigenvalue weighted by atomic mass is 16.8. The van der Waals surface area contributed by atoms with Gasteiger partial charge in [-0.2, -0.15) is 0 Å². The molecule has 5 rings (SSSR count). The number of amides is 1. The number of rotatable bonds is 12. The zero-order chi connectivity index (χ0) is 40.5. The molecule has 0 aromatic carbocycles. The SMILES string of the molecule is CC(=O)N[C@@H]1[C@@H](O[C@H]2O[C@H](CO)[C@H](O[C@H]3O[C@H](CO[C@@H]4O[C@@H](C)[C@@H](O)C[C@@H]4O)[C@@H](O)[C@H](O[C@@H]4O[C@@H](C)[C@@H](O)C[C@@H]4O)[C@H]3O)[C@H](O)[C@H]2O)[C@H](O)[C@@H](CO)O[C@H]1O. The van der Waals surface area contributed by atoms with E-state index in [0.717, 1.165) is 6.92 Å². The number of nitrogens with one attached hydrogen (secondary N) is 1. The minimum Gasteiger partial charge on any atom is -0.394 e. The Labute approximate surface area is 314 Å². The van der Waals surface area contributed by atoms with Gasteiger partial charge in [0.05, 0.1) is 44.2 Å². The first kappa shape index (κ1) is 44.7. The van der Waals surface area contributed by atoms with E-state index in [1.807, 2.05) is 0 Å². The van der Waals surface area contributed by atoms with Crippen molar-refractivity contribution in [1.29, 1.82) is 0 Å². The molecule has 23 atom stereocenters. The van der Waals surface area contributed by atoms with E-state index in [9.17, 15) is 66.1 Å². The van der Waals surface area contributed by atoms with E-state index in [-0.39, 0.29) is 12.8 Å². The Morgan fingerprint density at radius 1 is 0.564 bits per heavy atom. The molecule has 13 N–H and O–H groups in total. The molecule has 23 heteroatoms. The van der Waals surface area contributed by atoms with Crippen molar-refractivity contribution >= 4 is 5.91 Å². The standard InChI is InChI=1S/C32H55NO22/c1-9-12(37)4-14(39)29(48-9)47-8-18-21(42)27(55-30-15(40)5-13(38)10(2)49-30)24(45)32(52-18)53-25-17(7-35)51-31(23(44)22(25)43)54-26-19(33-11(3)36)28(46)50-16(6-34)20(26)41/h9-10,12-32,34-35,37-46H,4-8H2,1-3H3,(H,33,36)/t9-,10-,12-,13-,14-,15-,16+,17+,18+,19+,20+,21+,22+,23+,24+,25-,26+,27-,28+,29+,30-,31+,32+/m0/s1. The van der Waals surface area contributed by atoms with E-state index in [0.29, 0.717) is 0 Å². The second kappa shape index (κ2) is 19.1. The van der Waals surface area contributed by atoms with Gasteiger partial charge in [-0.15, -0.1) is 0 Å². The molecule has 1 amide bonds. The van der Waals surface area contributed by atoms with Crippen LogP contribution in [-0.4, -0.2) is 228 Å². The van der Waals surface area contributed by atoms with Crippen molar-refractivity contribution in [2.45, 2.75) is 175 Å². The molecule has 0 aliphatic carbocycles.